The maximum atomic E-state index is 12.1. The Balaban J connectivity index is 2.30. The predicted molar refractivity (Wildman–Crippen MR) is 75.2 cm³/mol. The summed E-state index contributed by atoms with van der Waals surface area (Å²) < 4.78 is 0. The fraction of sp³-hybridized carbons (Fsp3) is 0.800. The van der Waals surface area contributed by atoms with Crippen LogP contribution in [0.5, 0.6) is 0 Å². The molecule has 1 aliphatic heterocycles. The normalized spacial score (nSPS) is 25.7. The molecule has 1 amide bonds. The lowest BCUT2D eigenvalue weighted by atomic mass is 10.2. The molecule has 1 heterocycles. The summed E-state index contributed by atoms with van der Waals surface area (Å²) >= 11 is 0. The molecule has 1 saturated heterocycles. The first-order valence-electron chi connectivity index (χ1n) is 7.06. The van der Waals surface area contributed by atoms with Crippen LogP contribution in [0.4, 0.5) is 0 Å². The Morgan fingerprint density at radius 2 is 2.00 bits per heavy atom. The van der Waals surface area contributed by atoms with Gasteiger partial charge in [-0.2, -0.15) is 0 Å². The quantitative estimate of drug-likeness (QED) is 0.579. The van der Waals surface area contributed by atoms with Crippen molar-refractivity contribution in [2.75, 3.05) is 6.54 Å². The van der Waals surface area contributed by atoms with Gasteiger partial charge in [0, 0.05) is 25.0 Å². The minimum absolute atomic E-state index is 0.0230. The van der Waals surface area contributed by atoms with Crippen molar-refractivity contribution in [3.63, 3.8) is 0 Å². The van der Waals surface area contributed by atoms with Crippen LogP contribution in [-0.2, 0) is 4.79 Å². The molecular formula is C15H26N2O. The molecule has 0 bridgehead atoms. The van der Waals surface area contributed by atoms with Crippen LogP contribution < -0.4 is 5.32 Å². The highest BCUT2D eigenvalue weighted by molar-refractivity contribution is 5.81. The average molecular weight is 250 g/mol. The van der Waals surface area contributed by atoms with Gasteiger partial charge in [0.25, 0.3) is 0 Å². The van der Waals surface area contributed by atoms with Crippen molar-refractivity contribution >= 4 is 5.91 Å². The molecule has 0 radical (unpaired) electrons. The molecule has 0 saturated carbocycles. The second-order valence-corrected chi connectivity index (χ2v) is 5.35. The number of hydrogen-bond donors (Lipinski definition) is 1. The van der Waals surface area contributed by atoms with Gasteiger partial charge in [0.2, 0.25) is 5.91 Å². The molecule has 1 rings (SSSR count). The van der Waals surface area contributed by atoms with Gasteiger partial charge in [-0.15, -0.1) is 12.3 Å². The highest BCUT2D eigenvalue weighted by Crippen LogP contribution is 2.25. The number of amides is 1. The lowest BCUT2D eigenvalue weighted by Gasteiger charge is -2.31. The van der Waals surface area contributed by atoms with Crippen LogP contribution in [0.3, 0.4) is 0 Å². The monoisotopic (exact) mass is 250 g/mol. The van der Waals surface area contributed by atoms with Gasteiger partial charge in [-0.3, -0.25) is 9.69 Å². The molecule has 1 N–H and O–H groups in total. The highest BCUT2D eigenvalue weighted by Gasteiger charge is 2.33. The molecule has 102 valence electrons. The van der Waals surface area contributed by atoms with E-state index in [1.165, 1.54) is 12.8 Å². The van der Waals surface area contributed by atoms with Crippen LogP contribution in [0.25, 0.3) is 0 Å². The summed E-state index contributed by atoms with van der Waals surface area (Å²) in [6, 6.07) is 1.01. The molecule has 0 aromatic rings. The summed E-state index contributed by atoms with van der Waals surface area (Å²) in [6.07, 6.45) is 10.3. The Bertz CT molecular complexity index is 298. The van der Waals surface area contributed by atoms with Crippen LogP contribution in [0, 0.1) is 12.3 Å². The topological polar surface area (TPSA) is 32.3 Å². The van der Waals surface area contributed by atoms with E-state index in [0.717, 1.165) is 25.8 Å². The number of carbonyl (C=O) groups is 1. The van der Waals surface area contributed by atoms with E-state index in [0.29, 0.717) is 12.1 Å². The van der Waals surface area contributed by atoms with Crippen molar-refractivity contribution in [2.24, 2.45) is 0 Å². The molecule has 3 atom stereocenters. The van der Waals surface area contributed by atoms with E-state index < -0.39 is 0 Å². The number of likely N-dealkylation sites (tertiary alicyclic amines) is 1. The standard InChI is InChI=1S/C15H26N2O/c1-5-6-7-8-11-16-15(18)14(4)17-12(2)9-10-13(17)3/h1,12-14H,6-11H2,2-4H3,(H,16,18)/t12-,13+,14-/m1/s1. The molecule has 0 unspecified atom stereocenters. The van der Waals surface area contributed by atoms with E-state index in [4.69, 9.17) is 6.42 Å². The number of carbonyl (C=O) groups excluding carboxylic acids is 1. The minimum atomic E-state index is -0.0230. The van der Waals surface area contributed by atoms with Crippen LogP contribution >= 0.6 is 0 Å². The number of nitrogens with zero attached hydrogens (tertiary/aromatic N) is 1. The van der Waals surface area contributed by atoms with Gasteiger partial charge in [0.05, 0.1) is 6.04 Å². The maximum absolute atomic E-state index is 12.1. The van der Waals surface area contributed by atoms with Crippen molar-refractivity contribution in [3.05, 3.63) is 0 Å². The molecule has 3 nitrogen and oxygen atoms in total. The highest BCUT2D eigenvalue weighted by atomic mass is 16.2. The zero-order valence-corrected chi connectivity index (χ0v) is 11.9. The first-order chi connectivity index (χ1) is 8.57. The molecule has 1 fully saturated rings. The fourth-order valence-electron chi connectivity index (χ4n) is 2.83. The SMILES string of the molecule is C#CCCCCNC(=O)[C@@H](C)N1[C@H](C)CC[C@@H]1C. The number of terminal acetylenes is 1. The molecule has 18 heavy (non-hydrogen) atoms. The lowest BCUT2D eigenvalue weighted by Crippen LogP contribution is -2.49. The molecule has 0 aliphatic carbocycles. The van der Waals surface area contributed by atoms with E-state index in [2.05, 4.69) is 30.0 Å². The van der Waals surface area contributed by atoms with Crippen molar-refractivity contribution < 1.29 is 4.79 Å². The predicted octanol–water partition coefficient (Wildman–Crippen LogP) is 2.17. The Kier molecular flexibility index (Phi) is 6.21. The van der Waals surface area contributed by atoms with Crippen molar-refractivity contribution in [2.45, 2.75) is 71.0 Å². The minimum Gasteiger partial charge on any atom is -0.355 e. The first kappa shape index (κ1) is 15.0. The summed E-state index contributed by atoms with van der Waals surface area (Å²) in [6.45, 7) is 7.16. The van der Waals surface area contributed by atoms with Crippen molar-refractivity contribution in [1.29, 1.82) is 0 Å². The third-order valence-corrected chi connectivity index (χ3v) is 3.89. The van der Waals surface area contributed by atoms with Gasteiger partial charge in [0.1, 0.15) is 0 Å². The zero-order chi connectivity index (χ0) is 13.5. The molecular weight excluding hydrogens is 224 g/mol. The van der Waals surface area contributed by atoms with Gasteiger partial charge in [-0.1, -0.05) is 0 Å². The molecule has 0 aromatic carbocycles. The molecule has 3 heteroatoms. The van der Waals surface area contributed by atoms with E-state index in [1.54, 1.807) is 0 Å². The van der Waals surface area contributed by atoms with E-state index in [9.17, 15) is 4.79 Å². The summed E-state index contributed by atoms with van der Waals surface area (Å²) in [5.74, 6) is 2.76. The Labute approximate surface area is 111 Å². The largest absolute Gasteiger partial charge is 0.355 e. The third kappa shape index (κ3) is 4.03. The van der Waals surface area contributed by atoms with Gasteiger partial charge in [-0.25, -0.2) is 0 Å². The van der Waals surface area contributed by atoms with E-state index in [-0.39, 0.29) is 11.9 Å². The number of nitrogens with one attached hydrogen (secondary N) is 1. The number of hydrogen-bond acceptors (Lipinski definition) is 2. The lowest BCUT2D eigenvalue weighted by molar-refractivity contribution is -0.126. The smallest absolute Gasteiger partial charge is 0.237 e. The zero-order valence-electron chi connectivity index (χ0n) is 11.9. The van der Waals surface area contributed by atoms with Crippen molar-refractivity contribution in [1.82, 2.24) is 10.2 Å². The maximum Gasteiger partial charge on any atom is 0.237 e. The average Bonchev–Trinajstić information content (AvgIpc) is 2.67. The summed E-state index contributed by atoms with van der Waals surface area (Å²) in [5, 5.41) is 3.01. The summed E-state index contributed by atoms with van der Waals surface area (Å²) in [7, 11) is 0. The number of unbranched alkanes of at least 4 members (excludes halogenated alkanes) is 2. The van der Waals surface area contributed by atoms with Crippen LogP contribution in [0.15, 0.2) is 0 Å². The molecule has 1 aliphatic rings. The molecule has 0 aromatic heterocycles. The Hall–Kier alpha value is -1.01. The second kappa shape index (κ2) is 7.43. The third-order valence-electron chi connectivity index (χ3n) is 3.89. The number of rotatable bonds is 6. The van der Waals surface area contributed by atoms with E-state index >= 15 is 0 Å². The second-order valence-electron chi connectivity index (χ2n) is 5.35. The van der Waals surface area contributed by atoms with Crippen LogP contribution in [-0.4, -0.2) is 35.5 Å². The Morgan fingerprint density at radius 3 is 2.56 bits per heavy atom. The fourth-order valence-corrected chi connectivity index (χ4v) is 2.83. The van der Waals surface area contributed by atoms with Gasteiger partial charge < -0.3 is 5.32 Å². The van der Waals surface area contributed by atoms with E-state index in [1.807, 2.05) is 6.92 Å². The first-order valence-corrected chi connectivity index (χ1v) is 7.06. The molecule has 0 spiro atoms. The summed E-state index contributed by atoms with van der Waals surface area (Å²) in [4.78, 5) is 14.4. The van der Waals surface area contributed by atoms with Crippen molar-refractivity contribution in [3.8, 4) is 12.3 Å². The van der Waals surface area contributed by atoms with Gasteiger partial charge in [0.15, 0.2) is 0 Å². The van der Waals surface area contributed by atoms with Crippen LogP contribution in [0.1, 0.15) is 52.9 Å². The summed E-state index contributed by atoms with van der Waals surface area (Å²) in [5.41, 5.74) is 0. The van der Waals surface area contributed by atoms with Crippen LogP contribution in [0.2, 0.25) is 0 Å². The Morgan fingerprint density at radius 1 is 1.39 bits per heavy atom. The van der Waals surface area contributed by atoms with Gasteiger partial charge in [-0.05, 0) is 46.5 Å². The van der Waals surface area contributed by atoms with Gasteiger partial charge >= 0.3 is 0 Å².